The van der Waals surface area contributed by atoms with Crippen molar-refractivity contribution in [3.8, 4) is 0 Å². The lowest BCUT2D eigenvalue weighted by molar-refractivity contribution is -0.400. The summed E-state index contributed by atoms with van der Waals surface area (Å²) in [6.07, 6.45) is -29.1. The number of carbonyl (C=O) groups is 1. The Morgan fingerprint density at radius 1 is 0.567 bits per heavy atom. The van der Waals surface area contributed by atoms with Crippen LogP contribution in [0.2, 0.25) is 0 Å². The van der Waals surface area contributed by atoms with Crippen molar-refractivity contribution in [2.45, 2.75) is 200 Å². The van der Waals surface area contributed by atoms with Crippen LogP contribution in [0.5, 0.6) is 0 Å². The Hall–Kier alpha value is -1.63. The van der Waals surface area contributed by atoms with E-state index in [4.69, 9.17) is 37.9 Å². The number of hydrogen-bond donors (Lipinski definition) is 14. The quantitative estimate of drug-likeness (QED) is 0.0494. The Labute approximate surface area is 386 Å². The van der Waals surface area contributed by atoms with E-state index in [2.05, 4.69) is 13.5 Å². The molecule has 0 amide bonds. The van der Waals surface area contributed by atoms with Crippen molar-refractivity contribution in [1.29, 1.82) is 0 Å². The normalized spacial score (nSPS) is 54.5. The fraction of sp³-hybridized carbons (Fsp3) is 0.932. The van der Waals surface area contributed by atoms with E-state index in [9.17, 15) is 76.3 Å². The summed E-state index contributed by atoms with van der Waals surface area (Å²) in [6, 6.07) is 0. The molecule has 0 aromatic rings. The standard InChI is InChI=1S/C44H70O23/c1-17-11-43-9-5-22-41(2,7-4-8-42(22,3)40(59)66-38-33(58)30(55)26(51)20(14-47)62-38)23(43)6-10-44(17,16-43)67-39-35(65-37-32(57)29(54)25(50)19(13-46)61-37)34(27(52)21(15-48)63-39)64-36-31(56)28(53)24(49)18(12-45)60-36/h18-39,45-58H,1,4-16H2,2-3H3/t18-,19-,20-,21-,22+,23+,24-,25-,26-,27-,28+,29+,30+,31-,32-,33-,34+,35-,36+,37+,38+,39+,41-,42-,43-,44+/m1/s1. The van der Waals surface area contributed by atoms with Gasteiger partial charge in [-0.2, -0.15) is 0 Å². The lowest BCUT2D eigenvalue weighted by Gasteiger charge is -2.64. The van der Waals surface area contributed by atoms with Crippen molar-refractivity contribution in [3.63, 3.8) is 0 Å². The number of fused-ring (bicyclic) bond motifs is 3. The molecule has 384 valence electrons. The summed E-state index contributed by atoms with van der Waals surface area (Å²) in [4.78, 5) is 14.3. The number of aliphatic hydroxyl groups is 14. The van der Waals surface area contributed by atoms with Gasteiger partial charge in [0.05, 0.1) is 37.4 Å². The minimum atomic E-state index is -1.95. The Bertz CT molecular complexity index is 1760. The number of hydrogen-bond acceptors (Lipinski definition) is 23. The van der Waals surface area contributed by atoms with Crippen LogP contribution in [0.4, 0.5) is 0 Å². The smallest absolute Gasteiger partial charge is 0.314 e. The van der Waals surface area contributed by atoms with E-state index in [1.54, 1.807) is 0 Å². The molecule has 23 nitrogen and oxygen atoms in total. The average molecular weight is 967 g/mol. The van der Waals surface area contributed by atoms with Crippen LogP contribution in [0.25, 0.3) is 0 Å². The van der Waals surface area contributed by atoms with E-state index >= 15 is 0 Å². The Morgan fingerprint density at radius 2 is 1.03 bits per heavy atom. The van der Waals surface area contributed by atoms with Crippen molar-refractivity contribution in [3.05, 3.63) is 12.2 Å². The second-order valence-corrected chi connectivity index (χ2v) is 20.8. The highest BCUT2D eigenvalue weighted by Crippen LogP contribution is 2.74. The van der Waals surface area contributed by atoms with Crippen molar-refractivity contribution in [1.82, 2.24) is 0 Å². The Morgan fingerprint density at radius 3 is 1.57 bits per heavy atom. The first kappa shape index (κ1) is 51.7. The highest BCUT2D eigenvalue weighted by molar-refractivity contribution is 5.77. The van der Waals surface area contributed by atoms with Gasteiger partial charge < -0.3 is 109 Å². The van der Waals surface area contributed by atoms with Gasteiger partial charge in [-0.3, -0.25) is 4.79 Å². The molecule has 4 aliphatic heterocycles. The summed E-state index contributed by atoms with van der Waals surface area (Å²) >= 11 is 0. The molecule has 8 fully saturated rings. The predicted molar refractivity (Wildman–Crippen MR) is 219 cm³/mol. The SMILES string of the molecule is C=C1C[C@@]23CC[C@H]4[C@@](C)(CCC[C@@]4(C)C(=O)O[C@@H]4O[C@H](CO)[C@@H](O)[C@H](O)[C@H]4O)[C@@H]2CC[C@]1(O[C@@H]1O[C@H](CO)[C@@H](O)[C@H](O[C@@H]2O[C@H](CO)[C@@H](O)[C@H](O)[C@H]2O)[C@H]1O[C@@H]1O[C@H](CO)[C@@H](O)[C@H](O)[C@H]1O)C3. The summed E-state index contributed by atoms with van der Waals surface area (Å²) in [5.74, 6) is -0.805. The average Bonchev–Trinajstić information content (AvgIpc) is 3.50. The van der Waals surface area contributed by atoms with Gasteiger partial charge in [-0.1, -0.05) is 19.9 Å². The minimum absolute atomic E-state index is 0.0251. The fourth-order valence-corrected chi connectivity index (χ4v) is 13.5. The van der Waals surface area contributed by atoms with Crippen molar-refractivity contribution < 1.29 is 114 Å². The zero-order chi connectivity index (χ0) is 48.7. The van der Waals surface area contributed by atoms with Gasteiger partial charge in [0.1, 0.15) is 97.7 Å². The predicted octanol–water partition coefficient (Wildman–Crippen LogP) is -5.11. The third-order valence-corrected chi connectivity index (χ3v) is 17.1. The monoisotopic (exact) mass is 966 g/mol. The summed E-state index contributed by atoms with van der Waals surface area (Å²) in [7, 11) is 0. The van der Waals surface area contributed by atoms with E-state index < -0.39 is 177 Å². The molecule has 0 aromatic heterocycles. The van der Waals surface area contributed by atoms with Gasteiger partial charge in [0.15, 0.2) is 18.9 Å². The molecule has 0 aromatic carbocycles. The molecule has 0 radical (unpaired) electrons. The lowest BCUT2D eigenvalue weighted by Crippen LogP contribution is -2.68. The van der Waals surface area contributed by atoms with Gasteiger partial charge in [-0.05, 0) is 86.5 Å². The van der Waals surface area contributed by atoms with Crippen LogP contribution >= 0.6 is 0 Å². The molecule has 4 saturated heterocycles. The fourth-order valence-electron chi connectivity index (χ4n) is 13.5. The molecule has 8 aliphatic rings. The van der Waals surface area contributed by atoms with Crippen LogP contribution in [0, 0.1) is 28.1 Å². The van der Waals surface area contributed by atoms with Crippen molar-refractivity contribution in [2.24, 2.45) is 28.1 Å². The summed E-state index contributed by atoms with van der Waals surface area (Å²) in [5, 5.41) is 148. The summed E-state index contributed by atoms with van der Waals surface area (Å²) in [6.45, 7) is 5.41. The van der Waals surface area contributed by atoms with Gasteiger partial charge >= 0.3 is 5.97 Å². The molecule has 23 heteroatoms. The largest absolute Gasteiger partial charge is 0.432 e. The van der Waals surface area contributed by atoms with E-state index in [-0.39, 0.29) is 11.8 Å². The second-order valence-electron chi connectivity index (χ2n) is 20.8. The zero-order valence-electron chi connectivity index (χ0n) is 37.5. The second kappa shape index (κ2) is 19.4. The van der Waals surface area contributed by atoms with Crippen LogP contribution in [-0.2, 0) is 42.7 Å². The van der Waals surface area contributed by atoms with Crippen LogP contribution in [0.1, 0.15) is 71.6 Å². The molecule has 67 heavy (non-hydrogen) atoms. The van der Waals surface area contributed by atoms with Crippen LogP contribution in [0.15, 0.2) is 12.2 Å². The highest BCUT2D eigenvalue weighted by Gasteiger charge is 2.70. The third-order valence-electron chi connectivity index (χ3n) is 17.1. The lowest BCUT2D eigenvalue weighted by atomic mass is 9.41. The number of ether oxygens (including phenoxy) is 8. The summed E-state index contributed by atoms with van der Waals surface area (Å²) < 4.78 is 48.2. The van der Waals surface area contributed by atoms with Gasteiger partial charge in [-0.25, -0.2) is 0 Å². The molecular formula is C44H70O23. The number of carbonyl (C=O) groups excluding carboxylic acids is 1. The van der Waals surface area contributed by atoms with Crippen LogP contribution < -0.4 is 0 Å². The molecule has 4 saturated carbocycles. The maximum absolute atomic E-state index is 14.3. The van der Waals surface area contributed by atoms with E-state index in [0.717, 1.165) is 6.42 Å². The number of esters is 1. The molecule has 26 atom stereocenters. The van der Waals surface area contributed by atoms with E-state index in [1.165, 1.54) is 0 Å². The first-order valence-electron chi connectivity index (χ1n) is 23.4. The maximum Gasteiger partial charge on any atom is 0.314 e. The molecular weight excluding hydrogens is 896 g/mol. The van der Waals surface area contributed by atoms with Crippen molar-refractivity contribution in [2.75, 3.05) is 26.4 Å². The topological polar surface area (TPSA) is 374 Å². The van der Waals surface area contributed by atoms with Gasteiger partial charge in [0, 0.05) is 0 Å². The Balaban J connectivity index is 1.06. The molecule has 4 aliphatic carbocycles. The number of aliphatic hydroxyl groups excluding tert-OH is 14. The summed E-state index contributed by atoms with van der Waals surface area (Å²) in [5.41, 5.74) is -2.33. The molecule has 0 unspecified atom stereocenters. The van der Waals surface area contributed by atoms with E-state index in [0.29, 0.717) is 56.9 Å². The molecule has 2 bridgehead atoms. The highest BCUT2D eigenvalue weighted by atomic mass is 16.8. The molecule has 1 spiro atoms. The van der Waals surface area contributed by atoms with Crippen molar-refractivity contribution >= 4 is 5.97 Å². The Kier molecular flexibility index (Phi) is 15.0. The van der Waals surface area contributed by atoms with Crippen LogP contribution in [-0.4, -0.2) is 232 Å². The van der Waals surface area contributed by atoms with Gasteiger partial charge in [0.2, 0.25) is 6.29 Å². The van der Waals surface area contributed by atoms with Gasteiger partial charge in [0.25, 0.3) is 0 Å². The minimum Gasteiger partial charge on any atom is -0.432 e. The molecule has 8 rings (SSSR count). The van der Waals surface area contributed by atoms with Crippen LogP contribution in [0.3, 0.4) is 0 Å². The third kappa shape index (κ3) is 8.63. The first-order chi connectivity index (χ1) is 31.6. The first-order valence-corrected chi connectivity index (χ1v) is 23.4. The maximum atomic E-state index is 14.3. The van der Waals surface area contributed by atoms with E-state index in [1.807, 2.05) is 6.92 Å². The molecule has 14 N–H and O–H groups in total. The zero-order valence-corrected chi connectivity index (χ0v) is 37.5. The van der Waals surface area contributed by atoms with Gasteiger partial charge in [-0.15, -0.1) is 0 Å². The molecule has 4 heterocycles. The number of rotatable bonds is 12.